The van der Waals surface area contributed by atoms with Gasteiger partial charge in [-0.25, -0.2) is 19.3 Å². The van der Waals surface area contributed by atoms with Crippen molar-refractivity contribution in [3.8, 4) is 11.4 Å². The molecule has 0 saturated heterocycles. The van der Waals surface area contributed by atoms with Crippen LogP contribution in [0.15, 0.2) is 24.4 Å². The Bertz CT molecular complexity index is 930. The third-order valence-electron chi connectivity index (χ3n) is 5.39. The van der Waals surface area contributed by atoms with E-state index in [9.17, 15) is 14.0 Å². The lowest BCUT2D eigenvalue weighted by Gasteiger charge is -2.29. The number of hydrogen-bond acceptors (Lipinski definition) is 6. The van der Waals surface area contributed by atoms with Crippen molar-refractivity contribution in [2.75, 3.05) is 16.8 Å². The molecule has 0 aromatic carbocycles. The zero-order chi connectivity index (χ0) is 22.4. The molecule has 1 aliphatic rings. The Morgan fingerprint density at radius 3 is 2.48 bits per heavy atom. The molecular formula is C22H29FN6O2. The molecule has 0 aliphatic heterocycles. The maximum Gasteiger partial charge on any atom is 0.227 e. The molecule has 1 saturated carbocycles. The zero-order valence-electron chi connectivity index (χ0n) is 18.2. The summed E-state index contributed by atoms with van der Waals surface area (Å²) in [5.41, 5.74) is 0.434. The largest absolute Gasteiger partial charge is 0.354 e. The first-order chi connectivity index (χ1) is 14.9. The van der Waals surface area contributed by atoms with E-state index in [1.807, 2.05) is 6.92 Å². The van der Waals surface area contributed by atoms with E-state index in [-0.39, 0.29) is 29.6 Å². The molecule has 2 N–H and O–H groups in total. The smallest absolute Gasteiger partial charge is 0.227 e. The number of carbonyl (C=O) groups excluding carboxylic acids is 2. The van der Waals surface area contributed by atoms with Gasteiger partial charge in [-0.15, -0.1) is 0 Å². The van der Waals surface area contributed by atoms with Gasteiger partial charge in [0.1, 0.15) is 11.5 Å². The number of nitrogens with zero attached hydrogens (tertiary/aromatic N) is 4. The van der Waals surface area contributed by atoms with Gasteiger partial charge in [0.25, 0.3) is 0 Å². The van der Waals surface area contributed by atoms with Gasteiger partial charge in [-0.3, -0.25) is 14.5 Å². The van der Waals surface area contributed by atoms with E-state index in [2.05, 4.69) is 25.6 Å². The van der Waals surface area contributed by atoms with E-state index < -0.39 is 5.82 Å². The highest BCUT2D eigenvalue weighted by Crippen LogP contribution is 2.25. The quantitative estimate of drug-likeness (QED) is 0.702. The van der Waals surface area contributed by atoms with E-state index in [1.165, 1.54) is 6.92 Å². The van der Waals surface area contributed by atoms with E-state index in [4.69, 9.17) is 0 Å². The molecule has 0 bridgehead atoms. The van der Waals surface area contributed by atoms with Crippen molar-refractivity contribution >= 4 is 23.6 Å². The summed E-state index contributed by atoms with van der Waals surface area (Å²) in [5, 5.41) is 6.23. The average molecular weight is 429 g/mol. The van der Waals surface area contributed by atoms with Gasteiger partial charge in [0.05, 0.1) is 11.9 Å². The van der Waals surface area contributed by atoms with Crippen LogP contribution in [-0.4, -0.2) is 45.4 Å². The minimum Gasteiger partial charge on any atom is -0.354 e. The molecule has 0 atom stereocenters. The van der Waals surface area contributed by atoms with Crippen molar-refractivity contribution in [2.45, 2.75) is 65.0 Å². The summed E-state index contributed by atoms with van der Waals surface area (Å²) in [5.74, 6) is 0.168. The van der Waals surface area contributed by atoms with Crippen LogP contribution in [0.2, 0.25) is 0 Å². The number of rotatable bonds is 7. The first kappa shape index (κ1) is 22.6. The lowest BCUT2D eigenvalue weighted by molar-refractivity contribution is -0.120. The Kier molecular flexibility index (Phi) is 7.49. The minimum atomic E-state index is -0.575. The highest BCUT2D eigenvalue weighted by atomic mass is 19.1. The Morgan fingerprint density at radius 1 is 1.13 bits per heavy atom. The standard InChI is InChI=1S/C22H29FN6O2/c1-4-20(31)29(5-2)19-8-6-7-18(27-19)21-17(23)13-24-22(28-21)26-16-11-9-15(10-12-16)25-14(3)30/h6-8,13,15-16H,4-5,9-12H2,1-3H3,(H,25,30)(H,24,26,28). The van der Waals surface area contributed by atoms with Crippen LogP contribution in [0.1, 0.15) is 52.9 Å². The van der Waals surface area contributed by atoms with Crippen molar-refractivity contribution in [1.29, 1.82) is 0 Å². The van der Waals surface area contributed by atoms with Crippen molar-refractivity contribution < 1.29 is 14.0 Å². The Balaban J connectivity index is 1.75. The SMILES string of the molecule is CCC(=O)N(CC)c1cccc(-c2nc(NC3CCC(NC(C)=O)CC3)ncc2F)n1. The highest BCUT2D eigenvalue weighted by molar-refractivity contribution is 5.92. The van der Waals surface area contributed by atoms with Crippen LogP contribution in [0.5, 0.6) is 0 Å². The number of pyridine rings is 1. The topological polar surface area (TPSA) is 100 Å². The number of anilines is 2. The van der Waals surface area contributed by atoms with Gasteiger partial charge in [-0.1, -0.05) is 13.0 Å². The lowest BCUT2D eigenvalue weighted by Crippen LogP contribution is -2.39. The van der Waals surface area contributed by atoms with Gasteiger partial charge in [0.2, 0.25) is 17.8 Å². The molecule has 1 aliphatic carbocycles. The molecule has 1 fully saturated rings. The summed E-state index contributed by atoms with van der Waals surface area (Å²) in [6, 6.07) is 5.48. The van der Waals surface area contributed by atoms with E-state index >= 15 is 0 Å². The predicted octanol–water partition coefficient (Wildman–Crippen LogP) is 3.30. The summed E-state index contributed by atoms with van der Waals surface area (Å²) in [6.07, 6.45) is 4.95. The number of nitrogens with one attached hydrogen (secondary N) is 2. The molecule has 2 aromatic rings. The van der Waals surface area contributed by atoms with Crippen LogP contribution in [-0.2, 0) is 9.59 Å². The van der Waals surface area contributed by atoms with Crippen LogP contribution < -0.4 is 15.5 Å². The first-order valence-corrected chi connectivity index (χ1v) is 10.7. The molecule has 166 valence electrons. The van der Waals surface area contributed by atoms with E-state index in [0.717, 1.165) is 31.9 Å². The van der Waals surface area contributed by atoms with Crippen LogP contribution >= 0.6 is 0 Å². The Hall–Kier alpha value is -3.10. The normalized spacial score (nSPS) is 18.3. The second-order valence-electron chi connectivity index (χ2n) is 7.66. The molecule has 0 unspecified atom stereocenters. The highest BCUT2D eigenvalue weighted by Gasteiger charge is 2.23. The molecule has 8 nitrogen and oxygen atoms in total. The molecule has 0 spiro atoms. The van der Waals surface area contributed by atoms with E-state index in [0.29, 0.717) is 30.4 Å². The third-order valence-corrected chi connectivity index (χ3v) is 5.39. The van der Waals surface area contributed by atoms with Gasteiger partial charge < -0.3 is 10.6 Å². The van der Waals surface area contributed by atoms with Crippen LogP contribution in [0.4, 0.5) is 16.2 Å². The molecule has 2 amide bonds. The average Bonchev–Trinajstić information content (AvgIpc) is 2.76. The third kappa shape index (κ3) is 5.74. The summed E-state index contributed by atoms with van der Waals surface area (Å²) < 4.78 is 14.5. The lowest BCUT2D eigenvalue weighted by atomic mass is 9.91. The number of aromatic nitrogens is 3. The number of amides is 2. The second-order valence-corrected chi connectivity index (χ2v) is 7.66. The summed E-state index contributed by atoms with van der Waals surface area (Å²) in [6.45, 7) is 5.67. The summed E-state index contributed by atoms with van der Waals surface area (Å²) >= 11 is 0. The first-order valence-electron chi connectivity index (χ1n) is 10.7. The van der Waals surface area contributed by atoms with E-state index in [1.54, 1.807) is 30.0 Å². The second kappa shape index (κ2) is 10.3. The van der Waals surface area contributed by atoms with Gasteiger partial charge in [0, 0.05) is 32.0 Å². The summed E-state index contributed by atoms with van der Waals surface area (Å²) in [4.78, 5) is 37.9. The monoisotopic (exact) mass is 428 g/mol. The fourth-order valence-electron chi connectivity index (χ4n) is 3.83. The molecule has 0 radical (unpaired) electrons. The van der Waals surface area contributed by atoms with Gasteiger partial charge in [-0.2, -0.15) is 0 Å². The number of halogens is 1. The zero-order valence-corrected chi connectivity index (χ0v) is 18.2. The fourth-order valence-corrected chi connectivity index (χ4v) is 3.83. The van der Waals surface area contributed by atoms with Crippen molar-refractivity contribution in [2.24, 2.45) is 0 Å². The minimum absolute atomic E-state index is 0.0140. The maximum absolute atomic E-state index is 14.5. The molecule has 31 heavy (non-hydrogen) atoms. The van der Waals surface area contributed by atoms with Crippen molar-refractivity contribution in [1.82, 2.24) is 20.3 Å². The van der Waals surface area contributed by atoms with Crippen LogP contribution in [0.25, 0.3) is 11.4 Å². The number of hydrogen-bond donors (Lipinski definition) is 2. The van der Waals surface area contributed by atoms with Crippen LogP contribution in [0.3, 0.4) is 0 Å². The summed E-state index contributed by atoms with van der Waals surface area (Å²) in [7, 11) is 0. The molecule has 9 heteroatoms. The van der Waals surface area contributed by atoms with Crippen molar-refractivity contribution in [3.63, 3.8) is 0 Å². The van der Waals surface area contributed by atoms with Gasteiger partial charge >= 0.3 is 0 Å². The number of carbonyl (C=O) groups is 2. The van der Waals surface area contributed by atoms with Gasteiger partial charge in [0.15, 0.2) is 5.82 Å². The van der Waals surface area contributed by atoms with Crippen molar-refractivity contribution in [3.05, 3.63) is 30.2 Å². The predicted molar refractivity (Wildman–Crippen MR) is 117 cm³/mol. The molecule has 2 aromatic heterocycles. The maximum atomic E-state index is 14.5. The Labute approximate surface area is 181 Å². The molecule has 3 rings (SSSR count). The van der Waals surface area contributed by atoms with Crippen LogP contribution in [0, 0.1) is 5.82 Å². The molecular weight excluding hydrogens is 399 g/mol. The Morgan fingerprint density at radius 2 is 1.84 bits per heavy atom. The van der Waals surface area contributed by atoms with Gasteiger partial charge in [-0.05, 0) is 44.7 Å². The fraction of sp³-hybridized carbons (Fsp3) is 0.500. The molecule has 2 heterocycles.